The highest BCUT2D eigenvalue weighted by Gasteiger charge is 2.68. The molecule has 2 aliphatic carbocycles. The zero-order chi connectivity index (χ0) is 17.8. The van der Waals surface area contributed by atoms with Crippen LogP contribution in [0.1, 0.15) is 46.0 Å². The first kappa shape index (κ1) is 17.2. The molecule has 8 nitrogen and oxygen atoms in total. The van der Waals surface area contributed by atoms with E-state index < -0.39 is 45.5 Å². The van der Waals surface area contributed by atoms with Crippen molar-refractivity contribution in [2.24, 2.45) is 21.7 Å². The van der Waals surface area contributed by atoms with E-state index in [9.17, 15) is 39.6 Å². The Bertz CT molecular complexity index is 530. The minimum absolute atomic E-state index is 0.240. The van der Waals surface area contributed by atoms with Gasteiger partial charge >= 0.3 is 23.9 Å². The maximum Gasteiger partial charge on any atom is 0.309 e. The summed E-state index contributed by atoms with van der Waals surface area (Å²) in [6.45, 7) is 2.68. The molecule has 2 rings (SSSR count). The van der Waals surface area contributed by atoms with Crippen molar-refractivity contribution in [3.63, 3.8) is 0 Å². The van der Waals surface area contributed by atoms with Crippen molar-refractivity contribution in [2.45, 2.75) is 46.0 Å². The summed E-state index contributed by atoms with van der Waals surface area (Å²) in [5, 5.41) is 38.3. The molecule has 4 N–H and O–H groups in total. The van der Waals surface area contributed by atoms with E-state index in [4.69, 9.17) is 0 Å². The molecule has 0 aromatic rings. The molecule has 2 saturated carbocycles. The van der Waals surface area contributed by atoms with Crippen LogP contribution in [0.3, 0.4) is 0 Å². The minimum Gasteiger partial charge on any atom is -0.481 e. The molecule has 0 amide bonds. The molecule has 2 aliphatic rings. The Morgan fingerprint density at radius 3 is 1.00 bits per heavy atom. The van der Waals surface area contributed by atoms with E-state index in [-0.39, 0.29) is 32.1 Å². The van der Waals surface area contributed by atoms with Gasteiger partial charge in [0.1, 0.15) is 0 Å². The van der Waals surface area contributed by atoms with Gasteiger partial charge in [0, 0.05) is 0 Å². The number of aliphatic carboxylic acids is 4. The maximum atomic E-state index is 11.9. The van der Waals surface area contributed by atoms with Gasteiger partial charge < -0.3 is 20.4 Å². The molecule has 0 heterocycles. The number of fused-ring (bicyclic) bond motifs is 2. The van der Waals surface area contributed by atoms with Crippen LogP contribution in [0.4, 0.5) is 0 Å². The van der Waals surface area contributed by atoms with Crippen molar-refractivity contribution in [3.05, 3.63) is 0 Å². The molecule has 0 aromatic heterocycles. The average molecular weight is 328 g/mol. The lowest BCUT2D eigenvalue weighted by Gasteiger charge is -2.57. The summed E-state index contributed by atoms with van der Waals surface area (Å²) in [4.78, 5) is 47.0. The van der Waals surface area contributed by atoms with Gasteiger partial charge in [-0.3, -0.25) is 19.2 Å². The van der Waals surface area contributed by atoms with Gasteiger partial charge in [0.05, 0.1) is 21.7 Å². The number of rotatable bonds is 4. The highest BCUT2D eigenvalue weighted by molar-refractivity contribution is 5.87. The Morgan fingerprint density at radius 1 is 0.565 bits per heavy atom. The fourth-order valence-corrected chi connectivity index (χ4v) is 4.89. The summed E-state index contributed by atoms with van der Waals surface area (Å²) in [6, 6.07) is 0. The smallest absolute Gasteiger partial charge is 0.309 e. The van der Waals surface area contributed by atoms with Crippen LogP contribution in [-0.2, 0) is 19.2 Å². The first-order chi connectivity index (χ1) is 10.3. The lowest BCUT2D eigenvalue weighted by atomic mass is 9.43. The molecular weight excluding hydrogens is 308 g/mol. The molecule has 128 valence electrons. The van der Waals surface area contributed by atoms with Gasteiger partial charge in [0.25, 0.3) is 0 Å². The molecular formula is C15H20O8. The SMILES string of the molecule is CC1(C(=O)O)CC2(C(=O)O)CC(C)(C(=O)O)CC(C(=O)O)(C1)C2. The van der Waals surface area contributed by atoms with Crippen molar-refractivity contribution >= 4 is 23.9 Å². The first-order valence-corrected chi connectivity index (χ1v) is 7.25. The van der Waals surface area contributed by atoms with E-state index in [0.717, 1.165) is 0 Å². The van der Waals surface area contributed by atoms with Crippen LogP contribution < -0.4 is 0 Å². The van der Waals surface area contributed by atoms with Gasteiger partial charge in [0.2, 0.25) is 0 Å². The largest absolute Gasteiger partial charge is 0.481 e. The number of hydrogen-bond acceptors (Lipinski definition) is 4. The third-order valence-electron chi connectivity index (χ3n) is 5.53. The summed E-state index contributed by atoms with van der Waals surface area (Å²) in [5.74, 6) is -5.18. The zero-order valence-corrected chi connectivity index (χ0v) is 13.0. The van der Waals surface area contributed by atoms with Gasteiger partial charge in [0.15, 0.2) is 0 Å². The second-order valence-electron chi connectivity index (χ2n) is 7.79. The van der Waals surface area contributed by atoms with E-state index in [1.54, 1.807) is 0 Å². The van der Waals surface area contributed by atoms with Crippen LogP contribution in [0.5, 0.6) is 0 Å². The fourth-order valence-electron chi connectivity index (χ4n) is 4.89. The van der Waals surface area contributed by atoms with Crippen molar-refractivity contribution in [3.8, 4) is 0 Å². The summed E-state index contributed by atoms with van der Waals surface area (Å²) in [6.07, 6.45) is -1.34. The third-order valence-corrected chi connectivity index (χ3v) is 5.53. The molecule has 2 bridgehead atoms. The van der Waals surface area contributed by atoms with Crippen LogP contribution in [0.2, 0.25) is 0 Å². The second kappa shape index (κ2) is 4.69. The number of carbonyl (C=O) groups is 4. The van der Waals surface area contributed by atoms with Crippen molar-refractivity contribution in [1.29, 1.82) is 0 Å². The van der Waals surface area contributed by atoms with Gasteiger partial charge in [-0.1, -0.05) is 0 Å². The maximum absolute atomic E-state index is 11.9. The highest BCUT2D eigenvalue weighted by Crippen LogP contribution is 2.65. The summed E-state index contributed by atoms with van der Waals surface area (Å²) in [7, 11) is 0. The Balaban J connectivity index is 2.67. The summed E-state index contributed by atoms with van der Waals surface area (Å²) in [5.41, 5.74) is -6.38. The van der Waals surface area contributed by atoms with Crippen LogP contribution >= 0.6 is 0 Å². The number of carboxylic acids is 4. The van der Waals surface area contributed by atoms with Crippen LogP contribution in [0.25, 0.3) is 0 Å². The molecule has 0 unspecified atom stereocenters. The van der Waals surface area contributed by atoms with Crippen LogP contribution in [0.15, 0.2) is 0 Å². The van der Waals surface area contributed by atoms with E-state index in [0.29, 0.717) is 0 Å². The molecule has 2 fully saturated rings. The Kier molecular flexibility index (Phi) is 3.51. The predicted octanol–water partition coefficient (Wildman–Crippen LogP) is 1.29. The average Bonchev–Trinajstić information content (AvgIpc) is 2.36. The van der Waals surface area contributed by atoms with Crippen molar-refractivity contribution in [1.82, 2.24) is 0 Å². The second-order valence-corrected chi connectivity index (χ2v) is 7.79. The molecule has 0 saturated heterocycles. The highest BCUT2D eigenvalue weighted by atomic mass is 16.4. The molecule has 8 heteroatoms. The normalized spacial score (nSPS) is 42.7. The third kappa shape index (κ3) is 2.36. The van der Waals surface area contributed by atoms with Gasteiger partial charge in [-0.25, -0.2) is 0 Å². The Morgan fingerprint density at radius 2 is 0.826 bits per heavy atom. The van der Waals surface area contributed by atoms with Gasteiger partial charge in [-0.2, -0.15) is 0 Å². The van der Waals surface area contributed by atoms with E-state index in [2.05, 4.69) is 0 Å². The van der Waals surface area contributed by atoms with Crippen molar-refractivity contribution in [2.75, 3.05) is 0 Å². The quantitative estimate of drug-likeness (QED) is 0.603. The molecule has 0 aromatic carbocycles. The molecule has 23 heavy (non-hydrogen) atoms. The lowest BCUT2D eigenvalue weighted by Crippen LogP contribution is -2.61. The predicted molar refractivity (Wildman–Crippen MR) is 74.7 cm³/mol. The van der Waals surface area contributed by atoms with Gasteiger partial charge in [-0.15, -0.1) is 0 Å². The monoisotopic (exact) mass is 328 g/mol. The number of hydrogen-bond donors (Lipinski definition) is 4. The van der Waals surface area contributed by atoms with Crippen LogP contribution in [0, 0.1) is 21.7 Å². The lowest BCUT2D eigenvalue weighted by molar-refractivity contribution is -0.198. The van der Waals surface area contributed by atoms with Gasteiger partial charge in [-0.05, 0) is 46.0 Å². The summed E-state index contributed by atoms with van der Waals surface area (Å²) >= 11 is 0. The molecule has 0 aliphatic heterocycles. The number of carboxylic acid groups (broad SMARTS) is 4. The summed E-state index contributed by atoms with van der Waals surface area (Å²) < 4.78 is 0. The van der Waals surface area contributed by atoms with Crippen LogP contribution in [-0.4, -0.2) is 44.3 Å². The zero-order valence-electron chi connectivity index (χ0n) is 13.0. The molecule has 0 spiro atoms. The standard InChI is InChI=1S/C15H20O8/c1-12(8(16)17)3-14(10(20)21)5-13(2,9(18)19)6-15(4-12,7-14)11(22)23/h3-7H2,1-2H3,(H,16,17)(H,18,19)(H,20,21)(H,22,23). The Hall–Kier alpha value is -2.12. The fraction of sp³-hybridized carbons (Fsp3) is 0.733. The molecule has 0 radical (unpaired) electrons. The van der Waals surface area contributed by atoms with Crippen molar-refractivity contribution < 1.29 is 39.6 Å². The minimum atomic E-state index is -1.67. The van der Waals surface area contributed by atoms with E-state index >= 15 is 0 Å². The molecule has 0 atom stereocenters. The van der Waals surface area contributed by atoms with E-state index in [1.165, 1.54) is 13.8 Å². The topological polar surface area (TPSA) is 149 Å². The Labute approximate surface area is 132 Å². The first-order valence-electron chi connectivity index (χ1n) is 7.25. The van der Waals surface area contributed by atoms with E-state index in [1.807, 2.05) is 0 Å².